The summed E-state index contributed by atoms with van der Waals surface area (Å²) in [6.45, 7) is 8.16. The van der Waals surface area contributed by atoms with Crippen molar-refractivity contribution in [2.24, 2.45) is 29.1 Å². The second-order valence-corrected chi connectivity index (χ2v) is 10.1. The highest BCUT2D eigenvalue weighted by molar-refractivity contribution is 5.75. The summed E-state index contributed by atoms with van der Waals surface area (Å²) in [7, 11) is 0. The van der Waals surface area contributed by atoms with Gasteiger partial charge in [0.25, 0.3) is 0 Å². The molecule has 2 aliphatic carbocycles. The van der Waals surface area contributed by atoms with Gasteiger partial charge in [0.1, 0.15) is 18.1 Å². The van der Waals surface area contributed by atoms with E-state index in [1.54, 1.807) is 0 Å². The van der Waals surface area contributed by atoms with E-state index in [0.717, 1.165) is 13.1 Å². The van der Waals surface area contributed by atoms with Gasteiger partial charge in [-0.1, -0.05) is 13.8 Å². The van der Waals surface area contributed by atoms with Gasteiger partial charge in [-0.3, -0.25) is 9.59 Å². The van der Waals surface area contributed by atoms with Gasteiger partial charge in [0.2, 0.25) is 0 Å². The number of carbonyl (C=O) groups is 2. The molecule has 2 heterocycles. The summed E-state index contributed by atoms with van der Waals surface area (Å²) in [4.78, 5) is 25.8. The fourth-order valence-electron chi connectivity index (χ4n) is 7.03. The zero-order valence-corrected chi connectivity index (χ0v) is 17.8. The van der Waals surface area contributed by atoms with Crippen LogP contribution in [0.2, 0.25) is 0 Å². The summed E-state index contributed by atoms with van der Waals surface area (Å²) in [5, 5.41) is 22.6. The maximum absolute atomic E-state index is 12.8. The first-order valence-electron chi connectivity index (χ1n) is 11.3. The molecule has 0 amide bonds. The third kappa shape index (κ3) is 3.49. The number of likely N-dealkylation sites (tertiary alicyclic amines) is 1. The summed E-state index contributed by atoms with van der Waals surface area (Å²) in [5.74, 6) is -1.33. The number of aliphatic hydroxyl groups excluding tert-OH is 2. The molecule has 0 aromatic rings. The van der Waals surface area contributed by atoms with Gasteiger partial charge in [0.15, 0.2) is 0 Å². The van der Waals surface area contributed by atoms with Gasteiger partial charge >= 0.3 is 11.9 Å². The first kappa shape index (κ1) is 21.1. The van der Waals surface area contributed by atoms with Gasteiger partial charge in [0.05, 0.1) is 31.8 Å². The minimum Gasteiger partial charge on any atom is -0.462 e. The highest BCUT2D eigenvalue weighted by Crippen LogP contribution is 2.57. The topological polar surface area (TPSA) is 97.5 Å². The van der Waals surface area contributed by atoms with Crippen molar-refractivity contribution in [1.82, 2.24) is 0 Å². The Kier molecular flexibility index (Phi) is 5.68. The van der Waals surface area contributed by atoms with Crippen LogP contribution in [0.5, 0.6) is 0 Å². The summed E-state index contributed by atoms with van der Waals surface area (Å²) < 4.78 is 11.4. The molecule has 2 saturated carbocycles. The molecule has 2 saturated heterocycles. The maximum atomic E-state index is 12.8. The number of esters is 2. The Morgan fingerprint density at radius 3 is 2.59 bits per heavy atom. The van der Waals surface area contributed by atoms with Crippen molar-refractivity contribution in [3.8, 4) is 0 Å². The predicted molar refractivity (Wildman–Crippen MR) is 104 cm³/mol. The molecular weight excluding hydrogens is 374 g/mol. The first-order valence-corrected chi connectivity index (χ1v) is 11.3. The van der Waals surface area contributed by atoms with E-state index in [-0.39, 0.29) is 41.7 Å². The molecule has 2 aliphatic heterocycles. The van der Waals surface area contributed by atoms with Crippen LogP contribution >= 0.6 is 0 Å². The third-order valence-corrected chi connectivity index (χ3v) is 8.36. The highest BCUT2D eigenvalue weighted by atomic mass is 16.6. The van der Waals surface area contributed by atoms with E-state index < -0.39 is 23.7 Å². The smallest absolute Gasteiger partial charge is 0.315 e. The van der Waals surface area contributed by atoms with Gasteiger partial charge in [0, 0.05) is 30.6 Å². The Bertz CT molecular complexity index is 649. The molecule has 0 bridgehead atoms. The SMILES string of the molecule is CC(=O)O[C@@H]1C[C@@H](O)[C@]2(C)[C@@H]1[C@@H](C)C[C@@H]1OC(=O)[C@@H](C[NH+]3CCCCC3)[C@@H]1[C@H]2O. The molecule has 9 atom stereocenters. The van der Waals surface area contributed by atoms with Crippen LogP contribution in [0.15, 0.2) is 0 Å². The lowest BCUT2D eigenvalue weighted by atomic mass is 9.66. The number of carbonyl (C=O) groups excluding carboxylic acids is 2. The van der Waals surface area contributed by atoms with Crippen LogP contribution in [0.4, 0.5) is 0 Å². The molecule has 0 unspecified atom stereocenters. The van der Waals surface area contributed by atoms with Gasteiger partial charge < -0.3 is 24.6 Å². The summed E-state index contributed by atoms with van der Waals surface area (Å²) >= 11 is 0. The number of quaternary nitrogens is 1. The molecule has 0 spiro atoms. The average Bonchev–Trinajstić information content (AvgIpc) is 3.06. The lowest BCUT2D eigenvalue weighted by Crippen LogP contribution is -3.13. The van der Waals surface area contributed by atoms with E-state index in [1.165, 1.54) is 31.1 Å². The van der Waals surface area contributed by atoms with E-state index in [2.05, 4.69) is 6.92 Å². The van der Waals surface area contributed by atoms with Crippen LogP contribution < -0.4 is 4.90 Å². The molecule has 164 valence electrons. The standard InChI is InChI=1S/C22H35NO6/c1-12-9-15-18(14(21(27)29-15)11-23-7-5-4-6-8-23)20(26)22(3)17(25)10-16(19(12)22)28-13(2)24/h12,14-20,25-26H,4-11H2,1-3H3/p+1/t12-,14-,15-,16+,17+,18-,19+,20+,22+/m0/s1. The fourth-order valence-corrected chi connectivity index (χ4v) is 7.03. The Labute approximate surface area is 172 Å². The Hall–Kier alpha value is -1.18. The van der Waals surface area contributed by atoms with Gasteiger partial charge in [-0.2, -0.15) is 0 Å². The van der Waals surface area contributed by atoms with E-state index in [1.807, 2.05) is 6.92 Å². The van der Waals surface area contributed by atoms with Crippen molar-refractivity contribution < 1.29 is 34.2 Å². The zero-order valence-electron chi connectivity index (χ0n) is 17.8. The Morgan fingerprint density at radius 1 is 1.24 bits per heavy atom. The number of nitrogens with one attached hydrogen (secondary N) is 1. The minimum absolute atomic E-state index is 0.0556. The number of fused-ring (bicyclic) bond motifs is 2. The molecule has 3 N–H and O–H groups in total. The van der Waals surface area contributed by atoms with Gasteiger partial charge in [-0.05, 0) is 31.6 Å². The third-order valence-electron chi connectivity index (χ3n) is 8.36. The van der Waals surface area contributed by atoms with Crippen molar-refractivity contribution in [2.75, 3.05) is 19.6 Å². The maximum Gasteiger partial charge on any atom is 0.315 e. The molecular formula is C22H36NO6+. The van der Waals surface area contributed by atoms with Crippen LogP contribution in [0.3, 0.4) is 0 Å². The van der Waals surface area contributed by atoms with Gasteiger partial charge in [-0.25, -0.2) is 0 Å². The van der Waals surface area contributed by atoms with Crippen LogP contribution in [0, 0.1) is 29.1 Å². The fraction of sp³-hybridized carbons (Fsp3) is 0.909. The molecule has 0 aromatic carbocycles. The molecule has 4 rings (SSSR count). The molecule has 0 radical (unpaired) electrons. The van der Waals surface area contributed by atoms with Gasteiger partial charge in [-0.15, -0.1) is 0 Å². The second-order valence-electron chi connectivity index (χ2n) is 10.1. The lowest BCUT2D eigenvalue weighted by molar-refractivity contribution is -0.907. The van der Waals surface area contributed by atoms with Crippen LogP contribution in [0.25, 0.3) is 0 Å². The van der Waals surface area contributed by atoms with Crippen molar-refractivity contribution in [3.05, 3.63) is 0 Å². The van der Waals surface area contributed by atoms with Crippen molar-refractivity contribution in [2.45, 2.75) is 77.3 Å². The summed E-state index contributed by atoms with van der Waals surface area (Å²) in [6, 6.07) is 0. The lowest BCUT2D eigenvalue weighted by Gasteiger charge is -2.42. The monoisotopic (exact) mass is 410 g/mol. The highest BCUT2D eigenvalue weighted by Gasteiger charge is 2.66. The number of hydrogen-bond donors (Lipinski definition) is 3. The molecule has 7 heteroatoms. The zero-order chi connectivity index (χ0) is 20.9. The van der Waals surface area contributed by atoms with Crippen LogP contribution in [-0.4, -0.2) is 66.2 Å². The van der Waals surface area contributed by atoms with E-state index in [9.17, 15) is 19.8 Å². The number of piperidine rings is 1. The minimum atomic E-state index is -0.876. The number of rotatable bonds is 3. The quantitative estimate of drug-likeness (QED) is 0.564. The first-order chi connectivity index (χ1) is 13.7. The average molecular weight is 411 g/mol. The second kappa shape index (κ2) is 7.82. The molecule has 4 fully saturated rings. The molecule has 7 nitrogen and oxygen atoms in total. The Morgan fingerprint density at radius 2 is 1.93 bits per heavy atom. The van der Waals surface area contributed by atoms with E-state index in [4.69, 9.17) is 9.47 Å². The normalized spacial score (nSPS) is 47.8. The summed E-state index contributed by atoms with van der Waals surface area (Å²) in [5.41, 5.74) is -0.831. The summed E-state index contributed by atoms with van der Waals surface area (Å²) in [6.07, 6.45) is 2.13. The van der Waals surface area contributed by atoms with E-state index >= 15 is 0 Å². The molecule has 0 aromatic heterocycles. The van der Waals surface area contributed by atoms with Crippen LogP contribution in [-0.2, 0) is 19.1 Å². The molecule has 29 heavy (non-hydrogen) atoms. The largest absolute Gasteiger partial charge is 0.462 e. The molecule has 4 aliphatic rings. The number of aliphatic hydroxyl groups is 2. The Balaban J connectivity index is 1.63. The van der Waals surface area contributed by atoms with Crippen molar-refractivity contribution >= 4 is 11.9 Å². The van der Waals surface area contributed by atoms with Crippen molar-refractivity contribution in [3.63, 3.8) is 0 Å². The van der Waals surface area contributed by atoms with E-state index in [0.29, 0.717) is 19.4 Å². The number of hydrogen-bond acceptors (Lipinski definition) is 6. The predicted octanol–water partition coefficient (Wildman–Crippen LogP) is -0.0675. The van der Waals surface area contributed by atoms with Crippen LogP contribution in [0.1, 0.15) is 52.9 Å². The number of ether oxygens (including phenoxy) is 2. The van der Waals surface area contributed by atoms with Crippen molar-refractivity contribution in [1.29, 1.82) is 0 Å².